The number of ether oxygens (including phenoxy) is 1. The SMILES string of the molecule is Cc1cccc(OCC2CCCN(C(=O)NCc3ccc(F)cc3)C2)n1. The van der Waals surface area contributed by atoms with Gasteiger partial charge in [-0.3, -0.25) is 0 Å². The van der Waals surface area contributed by atoms with Crippen LogP contribution in [0, 0.1) is 18.7 Å². The van der Waals surface area contributed by atoms with Crippen LogP contribution in [0.15, 0.2) is 42.5 Å². The number of aryl methyl sites for hydroxylation is 1. The molecule has 26 heavy (non-hydrogen) atoms. The predicted molar refractivity (Wildman–Crippen MR) is 97.4 cm³/mol. The van der Waals surface area contributed by atoms with Gasteiger partial charge in [0.25, 0.3) is 0 Å². The molecule has 6 heteroatoms. The standard InChI is InChI=1S/C20H24FN3O2/c1-15-4-2-6-19(23-15)26-14-17-5-3-11-24(13-17)20(25)22-12-16-7-9-18(21)10-8-16/h2,4,6-10,17H,3,5,11-14H2,1H3,(H,22,25). The van der Waals surface area contributed by atoms with Gasteiger partial charge in [0.2, 0.25) is 5.88 Å². The van der Waals surface area contributed by atoms with Gasteiger partial charge in [-0.05, 0) is 43.5 Å². The van der Waals surface area contributed by atoms with Crippen molar-refractivity contribution >= 4 is 6.03 Å². The number of benzene rings is 1. The van der Waals surface area contributed by atoms with Gasteiger partial charge in [-0.1, -0.05) is 18.2 Å². The van der Waals surface area contributed by atoms with E-state index >= 15 is 0 Å². The Labute approximate surface area is 153 Å². The largest absolute Gasteiger partial charge is 0.477 e. The minimum atomic E-state index is -0.276. The summed E-state index contributed by atoms with van der Waals surface area (Å²) in [6.07, 6.45) is 1.99. The van der Waals surface area contributed by atoms with Gasteiger partial charge >= 0.3 is 6.03 Å². The van der Waals surface area contributed by atoms with Crippen molar-refractivity contribution < 1.29 is 13.9 Å². The van der Waals surface area contributed by atoms with Crippen LogP contribution in [0.1, 0.15) is 24.1 Å². The van der Waals surface area contributed by atoms with Crippen molar-refractivity contribution in [2.45, 2.75) is 26.3 Å². The number of halogens is 1. The predicted octanol–water partition coefficient (Wildman–Crippen LogP) is 3.53. The molecule has 5 nitrogen and oxygen atoms in total. The Morgan fingerprint density at radius 3 is 2.88 bits per heavy atom. The molecule has 3 rings (SSSR count). The first kappa shape index (κ1) is 18.2. The fourth-order valence-electron chi connectivity index (χ4n) is 3.08. The van der Waals surface area contributed by atoms with Crippen molar-refractivity contribution in [2.24, 2.45) is 5.92 Å². The second-order valence-corrected chi connectivity index (χ2v) is 6.67. The number of hydrogen-bond acceptors (Lipinski definition) is 3. The summed E-state index contributed by atoms with van der Waals surface area (Å²) in [5, 5.41) is 2.90. The third-order valence-electron chi connectivity index (χ3n) is 4.49. The Morgan fingerprint density at radius 2 is 2.12 bits per heavy atom. The van der Waals surface area contributed by atoms with Crippen molar-refractivity contribution in [2.75, 3.05) is 19.7 Å². The third kappa shape index (κ3) is 5.18. The van der Waals surface area contributed by atoms with Gasteiger partial charge in [-0.15, -0.1) is 0 Å². The smallest absolute Gasteiger partial charge is 0.317 e. The molecule has 1 aromatic heterocycles. The molecule has 1 saturated heterocycles. The summed E-state index contributed by atoms with van der Waals surface area (Å²) >= 11 is 0. The van der Waals surface area contributed by atoms with Crippen LogP contribution >= 0.6 is 0 Å². The molecule has 0 bridgehead atoms. The van der Waals surface area contributed by atoms with Gasteiger partial charge in [0.05, 0.1) is 6.61 Å². The molecule has 2 aromatic rings. The molecule has 0 radical (unpaired) electrons. The molecule has 1 atom stereocenters. The average Bonchev–Trinajstić information content (AvgIpc) is 2.66. The zero-order valence-corrected chi connectivity index (χ0v) is 15.0. The summed E-state index contributed by atoms with van der Waals surface area (Å²) in [5.41, 5.74) is 1.80. The Kier molecular flexibility index (Phi) is 6.04. The van der Waals surface area contributed by atoms with Crippen molar-refractivity contribution in [3.63, 3.8) is 0 Å². The van der Waals surface area contributed by atoms with E-state index in [4.69, 9.17) is 4.74 Å². The number of amides is 2. The molecule has 2 amide bonds. The zero-order chi connectivity index (χ0) is 18.4. The molecular formula is C20H24FN3O2. The number of rotatable bonds is 5. The molecule has 1 N–H and O–H groups in total. The number of hydrogen-bond donors (Lipinski definition) is 1. The fourth-order valence-corrected chi connectivity index (χ4v) is 3.08. The van der Waals surface area contributed by atoms with Crippen molar-refractivity contribution in [1.29, 1.82) is 0 Å². The maximum atomic E-state index is 12.9. The number of nitrogens with zero attached hydrogens (tertiary/aromatic N) is 2. The highest BCUT2D eigenvalue weighted by Crippen LogP contribution is 2.18. The molecule has 138 valence electrons. The first-order valence-electron chi connectivity index (χ1n) is 8.94. The first-order valence-corrected chi connectivity index (χ1v) is 8.94. The van der Waals surface area contributed by atoms with E-state index in [1.54, 1.807) is 12.1 Å². The third-order valence-corrected chi connectivity index (χ3v) is 4.49. The maximum absolute atomic E-state index is 12.9. The van der Waals surface area contributed by atoms with Gasteiger partial charge in [0, 0.05) is 37.3 Å². The molecular weight excluding hydrogens is 333 g/mol. The number of nitrogens with one attached hydrogen (secondary N) is 1. The van der Waals surface area contributed by atoms with Crippen LogP contribution in [0.5, 0.6) is 5.88 Å². The summed E-state index contributed by atoms with van der Waals surface area (Å²) in [4.78, 5) is 18.6. The lowest BCUT2D eigenvalue weighted by Gasteiger charge is -2.32. The van der Waals surface area contributed by atoms with Crippen LogP contribution in [0.3, 0.4) is 0 Å². The van der Waals surface area contributed by atoms with Gasteiger partial charge in [0.1, 0.15) is 5.82 Å². The van der Waals surface area contributed by atoms with E-state index in [0.717, 1.165) is 30.6 Å². The van der Waals surface area contributed by atoms with Crippen LogP contribution in [0.2, 0.25) is 0 Å². The molecule has 1 aliphatic heterocycles. The lowest BCUT2D eigenvalue weighted by Crippen LogP contribution is -2.46. The second kappa shape index (κ2) is 8.65. The highest BCUT2D eigenvalue weighted by Gasteiger charge is 2.24. The van der Waals surface area contributed by atoms with Gasteiger partial charge in [-0.25, -0.2) is 14.2 Å². The zero-order valence-electron chi connectivity index (χ0n) is 15.0. The Hall–Kier alpha value is -2.63. The van der Waals surface area contributed by atoms with E-state index < -0.39 is 0 Å². The van der Waals surface area contributed by atoms with E-state index in [-0.39, 0.29) is 11.8 Å². The average molecular weight is 357 g/mol. The van der Waals surface area contributed by atoms with Crippen LogP contribution in [0.4, 0.5) is 9.18 Å². The number of urea groups is 1. The van der Waals surface area contributed by atoms with Gasteiger partial charge in [-0.2, -0.15) is 0 Å². The maximum Gasteiger partial charge on any atom is 0.317 e. The minimum absolute atomic E-state index is 0.0901. The highest BCUT2D eigenvalue weighted by atomic mass is 19.1. The molecule has 1 fully saturated rings. The van der Waals surface area contributed by atoms with E-state index in [9.17, 15) is 9.18 Å². The molecule has 0 spiro atoms. The molecule has 1 aromatic carbocycles. The molecule has 0 aliphatic carbocycles. The second-order valence-electron chi connectivity index (χ2n) is 6.67. The minimum Gasteiger partial charge on any atom is -0.477 e. The van der Waals surface area contributed by atoms with Crippen LogP contribution in [0.25, 0.3) is 0 Å². The number of aromatic nitrogens is 1. The summed E-state index contributed by atoms with van der Waals surface area (Å²) < 4.78 is 18.7. The number of piperidine rings is 1. The number of likely N-dealkylation sites (tertiary alicyclic amines) is 1. The Balaban J connectivity index is 1.46. The summed E-state index contributed by atoms with van der Waals surface area (Å²) in [6, 6.07) is 11.8. The van der Waals surface area contributed by atoms with Gasteiger partial charge in [0.15, 0.2) is 0 Å². The summed E-state index contributed by atoms with van der Waals surface area (Å²) in [5.74, 6) is 0.646. The number of carbonyl (C=O) groups is 1. The molecule has 1 aliphatic rings. The van der Waals surface area contributed by atoms with Crippen LogP contribution in [-0.2, 0) is 6.54 Å². The van der Waals surface area contributed by atoms with Gasteiger partial charge < -0.3 is 15.0 Å². The molecule has 2 heterocycles. The normalized spacial score (nSPS) is 17.0. The quantitative estimate of drug-likeness (QED) is 0.891. The highest BCUT2D eigenvalue weighted by molar-refractivity contribution is 5.74. The monoisotopic (exact) mass is 357 g/mol. The van der Waals surface area contributed by atoms with Crippen molar-refractivity contribution in [3.8, 4) is 5.88 Å². The van der Waals surface area contributed by atoms with E-state index in [1.165, 1.54) is 12.1 Å². The Bertz CT molecular complexity index is 736. The molecule has 0 saturated carbocycles. The van der Waals surface area contributed by atoms with E-state index in [2.05, 4.69) is 10.3 Å². The number of pyridine rings is 1. The van der Waals surface area contributed by atoms with Crippen LogP contribution < -0.4 is 10.1 Å². The summed E-state index contributed by atoms with van der Waals surface area (Å²) in [6.45, 7) is 4.29. The topological polar surface area (TPSA) is 54.5 Å². The first-order chi connectivity index (χ1) is 12.6. The van der Waals surface area contributed by atoms with Crippen molar-refractivity contribution in [1.82, 2.24) is 15.2 Å². The lowest BCUT2D eigenvalue weighted by atomic mass is 9.99. The van der Waals surface area contributed by atoms with Crippen LogP contribution in [-0.4, -0.2) is 35.6 Å². The summed E-state index contributed by atoms with van der Waals surface area (Å²) in [7, 11) is 0. The Morgan fingerprint density at radius 1 is 1.31 bits per heavy atom. The number of carbonyl (C=O) groups excluding carboxylic acids is 1. The van der Waals surface area contributed by atoms with E-state index in [0.29, 0.717) is 31.5 Å². The lowest BCUT2D eigenvalue weighted by molar-refractivity contribution is 0.135. The van der Waals surface area contributed by atoms with E-state index in [1.807, 2.05) is 30.0 Å². The molecule has 1 unspecified atom stereocenters. The fraction of sp³-hybridized carbons (Fsp3) is 0.400. The van der Waals surface area contributed by atoms with Crippen molar-refractivity contribution in [3.05, 3.63) is 59.5 Å².